The van der Waals surface area contributed by atoms with Gasteiger partial charge in [0.25, 0.3) is 0 Å². The topological polar surface area (TPSA) is 86.5 Å². The van der Waals surface area contributed by atoms with Crippen LogP contribution in [0.4, 0.5) is 11.4 Å². The second-order valence-corrected chi connectivity index (χ2v) is 2.53. The van der Waals surface area contributed by atoms with Crippen molar-refractivity contribution in [1.29, 1.82) is 0 Å². The molecule has 2 aromatic rings. The standard InChI is InChI=1S/C7H6N4O2/c8-5-1-3-10-4-2-9-7(10)6(5)11(12)13/h1-4H,8H2. The molecule has 0 saturated carbocycles. The van der Waals surface area contributed by atoms with Crippen LogP contribution < -0.4 is 5.73 Å². The summed E-state index contributed by atoms with van der Waals surface area (Å²) in [5.41, 5.74) is 5.70. The molecule has 0 unspecified atom stereocenters. The number of nitrogens with two attached hydrogens (primary N) is 1. The smallest absolute Gasteiger partial charge is 0.334 e. The number of anilines is 1. The van der Waals surface area contributed by atoms with Gasteiger partial charge in [0.15, 0.2) is 0 Å². The SMILES string of the molecule is Nc1ccn2ccnc2c1[N+](=O)[O-]. The number of aromatic nitrogens is 2. The molecule has 0 aliphatic rings. The Morgan fingerprint density at radius 2 is 2.31 bits per heavy atom. The van der Waals surface area contributed by atoms with Gasteiger partial charge in [-0.1, -0.05) is 0 Å². The number of fused-ring (bicyclic) bond motifs is 1. The van der Waals surface area contributed by atoms with E-state index in [1.807, 2.05) is 0 Å². The van der Waals surface area contributed by atoms with Gasteiger partial charge in [0.2, 0.25) is 5.65 Å². The molecular formula is C7H6N4O2. The second kappa shape index (κ2) is 2.44. The van der Waals surface area contributed by atoms with E-state index in [2.05, 4.69) is 4.98 Å². The van der Waals surface area contributed by atoms with Crippen LogP contribution in [-0.2, 0) is 0 Å². The largest absolute Gasteiger partial charge is 0.393 e. The van der Waals surface area contributed by atoms with E-state index in [1.54, 1.807) is 16.8 Å². The van der Waals surface area contributed by atoms with Crippen LogP contribution >= 0.6 is 0 Å². The summed E-state index contributed by atoms with van der Waals surface area (Å²) < 4.78 is 1.55. The summed E-state index contributed by atoms with van der Waals surface area (Å²) in [7, 11) is 0. The van der Waals surface area contributed by atoms with E-state index in [0.717, 1.165) is 0 Å². The fraction of sp³-hybridized carbons (Fsp3) is 0. The van der Waals surface area contributed by atoms with E-state index in [0.29, 0.717) is 0 Å². The molecule has 0 radical (unpaired) electrons. The monoisotopic (exact) mass is 178 g/mol. The summed E-state index contributed by atoms with van der Waals surface area (Å²) in [5, 5.41) is 10.6. The molecule has 0 aliphatic carbocycles. The Kier molecular flexibility index (Phi) is 1.42. The molecular weight excluding hydrogens is 172 g/mol. The zero-order chi connectivity index (χ0) is 9.42. The van der Waals surface area contributed by atoms with Gasteiger partial charge in [-0.15, -0.1) is 0 Å². The Labute approximate surface area is 72.8 Å². The first-order valence-electron chi connectivity index (χ1n) is 3.55. The molecule has 0 aromatic carbocycles. The average molecular weight is 178 g/mol. The molecule has 0 spiro atoms. The maximum atomic E-state index is 10.6. The van der Waals surface area contributed by atoms with E-state index in [9.17, 15) is 10.1 Å². The van der Waals surface area contributed by atoms with Gasteiger partial charge in [0.05, 0.1) is 4.92 Å². The van der Waals surface area contributed by atoms with Crippen molar-refractivity contribution in [3.8, 4) is 0 Å². The lowest BCUT2D eigenvalue weighted by Gasteiger charge is -1.98. The van der Waals surface area contributed by atoms with Crippen molar-refractivity contribution in [2.24, 2.45) is 0 Å². The highest BCUT2D eigenvalue weighted by molar-refractivity contribution is 5.73. The predicted octanol–water partition coefficient (Wildman–Crippen LogP) is 0.825. The fourth-order valence-electron chi connectivity index (χ4n) is 1.17. The van der Waals surface area contributed by atoms with E-state index < -0.39 is 4.92 Å². The molecule has 6 heteroatoms. The van der Waals surface area contributed by atoms with Crippen LogP contribution in [0.5, 0.6) is 0 Å². The minimum absolute atomic E-state index is 0.128. The molecule has 13 heavy (non-hydrogen) atoms. The van der Waals surface area contributed by atoms with Gasteiger partial charge in [-0.2, -0.15) is 0 Å². The number of hydrogen-bond donors (Lipinski definition) is 1. The molecule has 0 bridgehead atoms. The maximum absolute atomic E-state index is 10.6. The van der Waals surface area contributed by atoms with Crippen LogP contribution in [0, 0.1) is 10.1 Å². The van der Waals surface area contributed by atoms with E-state index in [4.69, 9.17) is 5.73 Å². The Hall–Kier alpha value is -2.11. The number of rotatable bonds is 1. The maximum Gasteiger partial charge on any atom is 0.334 e. The summed E-state index contributed by atoms with van der Waals surface area (Å²) in [5.74, 6) is 0. The van der Waals surface area contributed by atoms with Gasteiger partial charge < -0.3 is 10.1 Å². The second-order valence-electron chi connectivity index (χ2n) is 2.53. The Morgan fingerprint density at radius 3 is 3.00 bits per heavy atom. The molecule has 0 amide bonds. The summed E-state index contributed by atoms with van der Waals surface area (Å²) in [6.07, 6.45) is 4.74. The van der Waals surface area contributed by atoms with Gasteiger partial charge in [-0.05, 0) is 6.07 Å². The normalized spacial score (nSPS) is 10.5. The number of pyridine rings is 1. The molecule has 0 fully saturated rings. The van der Waals surface area contributed by atoms with Crippen LogP contribution in [0.1, 0.15) is 0 Å². The molecule has 2 rings (SSSR count). The quantitative estimate of drug-likeness (QED) is 0.517. The molecule has 0 atom stereocenters. The zero-order valence-corrected chi connectivity index (χ0v) is 6.54. The van der Waals surface area contributed by atoms with Crippen LogP contribution in [-0.4, -0.2) is 14.3 Å². The van der Waals surface area contributed by atoms with Crippen molar-refractivity contribution in [3.63, 3.8) is 0 Å². The molecule has 0 aliphatic heterocycles. The van der Waals surface area contributed by atoms with Crippen molar-refractivity contribution in [3.05, 3.63) is 34.8 Å². The van der Waals surface area contributed by atoms with Crippen molar-refractivity contribution in [2.45, 2.75) is 0 Å². The minimum atomic E-state index is -0.530. The number of nitro groups is 1. The highest BCUT2D eigenvalue weighted by Gasteiger charge is 2.17. The van der Waals surface area contributed by atoms with Crippen molar-refractivity contribution < 1.29 is 4.92 Å². The van der Waals surface area contributed by atoms with Gasteiger partial charge in [-0.25, -0.2) is 4.98 Å². The van der Waals surface area contributed by atoms with Crippen LogP contribution in [0.15, 0.2) is 24.7 Å². The van der Waals surface area contributed by atoms with Crippen molar-refractivity contribution in [1.82, 2.24) is 9.38 Å². The molecule has 2 heterocycles. The first kappa shape index (κ1) is 7.53. The summed E-state index contributed by atoms with van der Waals surface area (Å²) in [6, 6.07) is 1.48. The molecule has 2 aromatic heterocycles. The van der Waals surface area contributed by atoms with E-state index in [-0.39, 0.29) is 17.0 Å². The molecule has 66 valence electrons. The third-order valence-electron chi connectivity index (χ3n) is 1.75. The Morgan fingerprint density at radius 1 is 1.54 bits per heavy atom. The molecule has 0 saturated heterocycles. The van der Waals surface area contributed by atoms with Crippen LogP contribution in [0.2, 0.25) is 0 Å². The lowest BCUT2D eigenvalue weighted by Crippen LogP contribution is -1.99. The number of nitrogens with zero attached hydrogens (tertiary/aromatic N) is 3. The highest BCUT2D eigenvalue weighted by atomic mass is 16.6. The number of imidazole rings is 1. The zero-order valence-electron chi connectivity index (χ0n) is 6.54. The first-order valence-corrected chi connectivity index (χ1v) is 3.55. The summed E-state index contributed by atoms with van der Waals surface area (Å²) in [4.78, 5) is 13.9. The third kappa shape index (κ3) is 0.994. The Bertz CT molecular complexity index is 476. The predicted molar refractivity (Wildman–Crippen MR) is 46.3 cm³/mol. The minimum Gasteiger partial charge on any atom is -0.393 e. The van der Waals surface area contributed by atoms with Gasteiger partial charge in [0, 0.05) is 18.6 Å². The first-order chi connectivity index (χ1) is 6.20. The Balaban J connectivity index is 2.88. The van der Waals surface area contributed by atoms with Crippen molar-refractivity contribution in [2.75, 3.05) is 5.73 Å². The van der Waals surface area contributed by atoms with Crippen molar-refractivity contribution >= 4 is 17.0 Å². The van der Waals surface area contributed by atoms with Gasteiger partial charge >= 0.3 is 5.69 Å². The van der Waals surface area contributed by atoms with Gasteiger partial charge in [0.1, 0.15) is 5.69 Å². The summed E-state index contributed by atoms with van der Waals surface area (Å²) >= 11 is 0. The van der Waals surface area contributed by atoms with E-state index in [1.165, 1.54) is 12.3 Å². The average Bonchev–Trinajstić information content (AvgIpc) is 2.50. The lowest BCUT2D eigenvalue weighted by molar-refractivity contribution is -0.382. The van der Waals surface area contributed by atoms with Crippen LogP contribution in [0.3, 0.4) is 0 Å². The third-order valence-corrected chi connectivity index (χ3v) is 1.75. The number of nitrogen functional groups attached to an aromatic ring is 1. The van der Waals surface area contributed by atoms with Crippen LogP contribution in [0.25, 0.3) is 5.65 Å². The number of hydrogen-bond acceptors (Lipinski definition) is 4. The highest BCUT2D eigenvalue weighted by Crippen LogP contribution is 2.24. The summed E-state index contributed by atoms with van der Waals surface area (Å²) in [6.45, 7) is 0. The fourth-order valence-corrected chi connectivity index (χ4v) is 1.17. The van der Waals surface area contributed by atoms with E-state index >= 15 is 0 Å². The molecule has 6 nitrogen and oxygen atoms in total. The molecule has 2 N–H and O–H groups in total. The van der Waals surface area contributed by atoms with Gasteiger partial charge in [-0.3, -0.25) is 10.1 Å². The lowest BCUT2D eigenvalue weighted by atomic mass is 10.3.